The van der Waals surface area contributed by atoms with Crippen LogP contribution in [0.15, 0.2) is 18.2 Å². The van der Waals surface area contributed by atoms with Gasteiger partial charge >= 0.3 is 0 Å². The largest absolute Gasteiger partial charge is 0.497 e. The molecule has 21 heavy (non-hydrogen) atoms. The summed E-state index contributed by atoms with van der Waals surface area (Å²) in [6.45, 7) is 5.94. The lowest BCUT2D eigenvalue weighted by atomic mass is 9.81. The van der Waals surface area contributed by atoms with E-state index in [1.807, 2.05) is 6.07 Å². The van der Waals surface area contributed by atoms with Gasteiger partial charge in [-0.25, -0.2) is 0 Å². The van der Waals surface area contributed by atoms with E-state index in [4.69, 9.17) is 10.5 Å². The fraction of sp³-hybridized carbons (Fsp3) is 0.667. The fourth-order valence-corrected chi connectivity index (χ4v) is 4.23. The van der Waals surface area contributed by atoms with Gasteiger partial charge in [0, 0.05) is 18.1 Å². The summed E-state index contributed by atoms with van der Waals surface area (Å²) in [6, 6.07) is 7.66. The molecule has 3 nitrogen and oxygen atoms in total. The highest BCUT2D eigenvalue weighted by atomic mass is 16.5. The Kier molecular flexibility index (Phi) is 4.23. The summed E-state index contributed by atoms with van der Waals surface area (Å²) in [6.07, 6.45) is 4.89. The zero-order chi connectivity index (χ0) is 15.0. The number of rotatable bonds is 2. The number of hydrogen-bond donors (Lipinski definition) is 1. The van der Waals surface area contributed by atoms with E-state index in [9.17, 15) is 0 Å². The summed E-state index contributed by atoms with van der Waals surface area (Å²) < 4.78 is 5.34. The molecule has 1 heterocycles. The number of nitrogens with two attached hydrogens (primary N) is 1. The second kappa shape index (κ2) is 5.98. The van der Waals surface area contributed by atoms with E-state index in [-0.39, 0.29) is 6.04 Å². The minimum absolute atomic E-state index is 0.135. The summed E-state index contributed by atoms with van der Waals surface area (Å²) in [4.78, 5) is 2.66. The van der Waals surface area contributed by atoms with E-state index >= 15 is 0 Å². The van der Waals surface area contributed by atoms with E-state index in [1.165, 1.54) is 36.9 Å². The molecule has 3 rings (SSSR count). The average Bonchev–Trinajstić information content (AvgIpc) is 2.48. The van der Waals surface area contributed by atoms with E-state index in [2.05, 4.69) is 30.9 Å². The molecule has 1 aromatic carbocycles. The van der Waals surface area contributed by atoms with Crippen molar-refractivity contribution >= 4 is 0 Å². The van der Waals surface area contributed by atoms with Gasteiger partial charge in [0.2, 0.25) is 0 Å². The molecule has 0 radical (unpaired) electrons. The summed E-state index contributed by atoms with van der Waals surface area (Å²) in [7, 11) is 1.73. The van der Waals surface area contributed by atoms with Gasteiger partial charge in [0.25, 0.3) is 0 Å². The van der Waals surface area contributed by atoms with E-state index in [0.29, 0.717) is 12.1 Å². The van der Waals surface area contributed by atoms with Crippen LogP contribution in [0.25, 0.3) is 0 Å². The van der Waals surface area contributed by atoms with Crippen molar-refractivity contribution < 1.29 is 4.74 Å². The lowest BCUT2D eigenvalue weighted by Gasteiger charge is -2.46. The Balaban J connectivity index is 1.80. The predicted molar refractivity (Wildman–Crippen MR) is 86.6 cm³/mol. The molecule has 1 fully saturated rings. The van der Waals surface area contributed by atoms with Gasteiger partial charge in [0.05, 0.1) is 7.11 Å². The molecule has 1 aliphatic carbocycles. The average molecular weight is 288 g/mol. The molecule has 4 unspecified atom stereocenters. The monoisotopic (exact) mass is 288 g/mol. The molecule has 0 aromatic heterocycles. The third-order valence-electron chi connectivity index (χ3n) is 5.45. The molecule has 2 N–H and O–H groups in total. The van der Waals surface area contributed by atoms with Crippen LogP contribution in [-0.2, 0) is 6.42 Å². The van der Waals surface area contributed by atoms with Gasteiger partial charge in [-0.05, 0) is 68.3 Å². The molecule has 3 heteroatoms. The maximum absolute atomic E-state index is 6.63. The number of fused-ring (bicyclic) bond motifs is 1. The number of ether oxygens (including phenoxy) is 1. The fourth-order valence-electron chi connectivity index (χ4n) is 4.23. The van der Waals surface area contributed by atoms with Crippen molar-refractivity contribution in [3.63, 3.8) is 0 Å². The number of methoxy groups -OCH3 is 1. The Morgan fingerprint density at radius 3 is 2.76 bits per heavy atom. The number of piperidine rings is 1. The molecular weight excluding hydrogens is 260 g/mol. The summed E-state index contributed by atoms with van der Waals surface area (Å²) in [5.74, 6) is 1.80. The van der Waals surface area contributed by atoms with Gasteiger partial charge in [-0.2, -0.15) is 0 Å². The quantitative estimate of drug-likeness (QED) is 0.908. The normalized spacial score (nSPS) is 33.5. The van der Waals surface area contributed by atoms with Crippen molar-refractivity contribution in [2.45, 2.75) is 57.7 Å². The standard InChI is InChI=1S/C18H28N2O/c1-12-8-9-20(13(2)10-12)17-7-4-14-11-15(21-3)5-6-16(14)18(17)19/h5-6,11-13,17-18H,4,7-10,19H2,1-3H3. The van der Waals surface area contributed by atoms with Crippen LogP contribution >= 0.6 is 0 Å². The van der Waals surface area contributed by atoms with Crippen LogP contribution in [0, 0.1) is 5.92 Å². The zero-order valence-corrected chi connectivity index (χ0v) is 13.5. The first kappa shape index (κ1) is 14.9. The lowest BCUT2D eigenvalue weighted by Crippen LogP contribution is -2.52. The van der Waals surface area contributed by atoms with Crippen molar-refractivity contribution in [2.24, 2.45) is 11.7 Å². The first-order valence-corrected chi connectivity index (χ1v) is 8.28. The summed E-state index contributed by atoms with van der Waals surface area (Å²) >= 11 is 0. The number of aryl methyl sites for hydroxylation is 1. The Labute approximate surface area is 128 Å². The van der Waals surface area contributed by atoms with Crippen molar-refractivity contribution in [3.05, 3.63) is 29.3 Å². The number of hydrogen-bond acceptors (Lipinski definition) is 3. The van der Waals surface area contributed by atoms with Crippen molar-refractivity contribution in [3.8, 4) is 5.75 Å². The Hall–Kier alpha value is -1.06. The van der Waals surface area contributed by atoms with Gasteiger partial charge in [-0.1, -0.05) is 13.0 Å². The molecule has 0 saturated carbocycles. The van der Waals surface area contributed by atoms with Gasteiger partial charge in [-0.15, -0.1) is 0 Å². The topological polar surface area (TPSA) is 38.5 Å². The van der Waals surface area contributed by atoms with Crippen LogP contribution in [0.2, 0.25) is 0 Å². The van der Waals surface area contributed by atoms with E-state index < -0.39 is 0 Å². The maximum atomic E-state index is 6.63. The highest BCUT2D eigenvalue weighted by Crippen LogP contribution is 2.36. The highest BCUT2D eigenvalue weighted by molar-refractivity contribution is 5.40. The number of likely N-dealkylation sites (tertiary alicyclic amines) is 1. The second-order valence-corrected chi connectivity index (χ2v) is 6.91. The van der Waals surface area contributed by atoms with Crippen LogP contribution in [-0.4, -0.2) is 30.6 Å². The van der Waals surface area contributed by atoms with Crippen LogP contribution in [0.3, 0.4) is 0 Å². The lowest BCUT2D eigenvalue weighted by molar-refractivity contribution is 0.0605. The minimum atomic E-state index is 0.135. The molecule has 1 saturated heterocycles. The Bertz CT molecular complexity index is 502. The Morgan fingerprint density at radius 2 is 2.05 bits per heavy atom. The molecule has 0 bridgehead atoms. The molecule has 0 spiro atoms. The molecule has 1 aliphatic heterocycles. The van der Waals surface area contributed by atoms with Crippen LogP contribution in [0.4, 0.5) is 0 Å². The molecule has 1 aromatic rings. The van der Waals surface area contributed by atoms with E-state index in [1.54, 1.807) is 7.11 Å². The number of benzene rings is 1. The molecule has 0 amide bonds. The first-order valence-electron chi connectivity index (χ1n) is 8.28. The smallest absolute Gasteiger partial charge is 0.119 e. The van der Waals surface area contributed by atoms with Crippen LogP contribution in [0.5, 0.6) is 5.75 Å². The predicted octanol–water partition coefficient (Wildman–Crippen LogP) is 3.13. The second-order valence-electron chi connectivity index (χ2n) is 6.91. The minimum Gasteiger partial charge on any atom is -0.497 e. The maximum Gasteiger partial charge on any atom is 0.119 e. The van der Waals surface area contributed by atoms with Gasteiger partial charge < -0.3 is 10.5 Å². The van der Waals surface area contributed by atoms with Crippen LogP contribution in [0.1, 0.15) is 50.3 Å². The molecule has 4 atom stereocenters. The highest BCUT2D eigenvalue weighted by Gasteiger charge is 2.35. The zero-order valence-electron chi connectivity index (χ0n) is 13.5. The Morgan fingerprint density at radius 1 is 1.24 bits per heavy atom. The van der Waals surface area contributed by atoms with E-state index in [0.717, 1.165) is 18.1 Å². The van der Waals surface area contributed by atoms with Crippen molar-refractivity contribution in [2.75, 3.05) is 13.7 Å². The van der Waals surface area contributed by atoms with Gasteiger partial charge in [0.1, 0.15) is 5.75 Å². The third kappa shape index (κ3) is 2.82. The molecule has 116 valence electrons. The number of nitrogens with zero attached hydrogens (tertiary/aromatic N) is 1. The van der Waals surface area contributed by atoms with Gasteiger partial charge in [-0.3, -0.25) is 4.90 Å². The SMILES string of the molecule is COc1ccc2c(c1)CCC(N1CCC(C)CC1C)C2N. The first-order chi connectivity index (χ1) is 10.1. The molecular formula is C18H28N2O. The summed E-state index contributed by atoms with van der Waals surface area (Å²) in [5, 5.41) is 0. The van der Waals surface area contributed by atoms with Crippen molar-refractivity contribution in [1.29, 1.82) is 0 Å². The van der Waals surface area contributed by atoms with Gasteiger partial charge in [0.15, 0.2) is 0 Å². The third-order valence-corrected chi connectivity index (χ3v) is 5.45. The molecule has 2 aliphatic rings. The van der Waals surface area contributed by atoms with Crippen LogP contribution < -0.4 is 10.5 Å². The summed E-state index contributed by atoms with van der Waals surface area (Å²) in [5.41, 5.74) is 9.32. The van der Waals surface area contributed by atoms with Crippen molar-refractivity contribution in [1.82, 2.24) is 4.90 Å².